The van der Waals surface area contributed by atoms with Crippen LogP contribution in [0.5, 0.6) is 5.75 Å². The van der Waals surface area contributed by atoms with Crippen molar-refractivity contribution >= 4 is 21.5 Å². The van der Waals surface area contributed by atoms with Crippen molar-refractivity contribution in [3.63, 3.8) is 0 Å². The molecule has 104 valence electrons. The zero-order valence-corrected chi connectivity index (χ0v) is 11.8. The third-order valence-corrected chi connectivity index (χ3v) is 3.21. The normalized spacial score (nSPS) is 14.7. The van der Waals surface area contributed by atoms with Crippen LogP contribution in [0.2, 0.25) is 0 Å². The highest BCUT2D eigenvalue weighted by Crippen LogP contribution is 2.22. The van der Waals surface area contributed by atoms with Crippen LogP contribution in [-0.2, 0) is 10.0 Å². The van der Waals surface area contributed by atoms with Crippen LogP contribution in [-0.4, -0.2) is 40.2 Å². The summed E-state index contributed by atoms with van der Waals surface area (Å²) < 4.78 is 30.5. The Hall–Kier alpha value is -1.76. The lowest BCUT2D eigenvalue weighted by Gasteiger charge is -2.11. The second kappa shape index (κ2) is 5.48. The summed E-state index contributed by atoms with van der Waals surface area (Å²) in [5.74, 6) is 1.42. The van der Waals surface area contributed by atoms with E-state index in [1.165, 1.54) is 0 Å². The molecule has 0 amide bonds. The number of rotatable bonds is 5. The first-order valence-corrected chi connectivity index (χ1v) is 7.81. The Balaban J connectivity index is 2.07. The van der Waals surface area contributed by atoms with Crippen LogP contribution in [0.15, 0.2) is 23.2 Å². The van der Waals surface area contributed by atoms with Gasteiger partial charge in [0, 0.05) is 12.6 Å². The molecule has 1 aliphatic heterocycles. The molecule has 1 aliphatic rings. The summed E-state index contributed by atoms with van der Waals surface area (Å²) >= 11 is 0. The number of sulfonamides is 1. The first kappa shape index (κ1) is 13.7. The minimum absolute atomic E-state index is 0.362. The molecule has 0 unspecified atom stereocenters. The second-order valence-corrected chi connectivity index (χ2v) is 6.14. The smallest absolute Gasteiger partial charge is 0.229 e. The van der Waals surface area contributed by atoms with E-state index in [0.29, 0.717) is 18.0 Å². The van der Waals surface area contributed by atoms with Gasteiger partial charge in [0.2, 0.25) is 10.0 Å². The van der Waals surface area contributed by atoms with E-state index in [1.807, 2.05) is 13.0 Å². The summed E-state index contributed by atoms with van der Waals surface area (Å²) in [6, 6.07) is 5.29. The topological polar surface area (TPSA) is 79.8 Å². The van der Waals surface area contributed by atoms with Gasteiger partial charge in [0.15, 0.2) is 0 Å². The molecule has 6 nitrogen and oxygen atoms in total. The third-order valence-electron chi connectivity index (χ3n) is 2.62. The van der Waals surface area contributed by atoms with Crippen molar-refractivity contribution in [3.05, 3.63) is 23.8 Å². The molecule has 0 radical (unpaired) electrons. The number of hydrogen-bond donors (Lipinski definition) is 2. The first-order valence-electron chi connectivity index (χ1n) is 5.92. The molecular weight excluding hydrogens is 266 g/mol. The van der Waals surface area contributed by atoms with Gasteiger partial charge in [-0.1, -0.05) is 6.07 Å². The van der Waals surface area contributed by atoms with Gasteiger partial charge >= 0.3 is 0 Å². The fourth-order valence-corrected chi connectivity index (χ4v) is 2.32. The monoisotopic (exact) mass is 283 g/mol. The molecule has 1 aromatic carbocycles. The average molecular weight is 283 g/mol. The molecule has 1 heterocycles. The minimum Gasteiger partial charge on any atom is -0.486 e. The number of anilines is 1. The molecule has 19 heavy (non-hydrogen) atoms. The van der Waals surface area contributed by atoms with Gasteiger partial charge in [-0.2, -0.15) is 0 Å². The quantitative estimate of drug-likeness (QED) is 0.835. The minimum atomic E-state index is -3.29. The average Bonchev–Trinajstić information content (AvgIpc) is 2.81. The Morgan fingerprint density at radius 3 is 2.89 bits per heavy atom. The second-order valence-electron chi connectivity index (χ2n) is 4.39. The van der Waals surface area contributed by atoms with Crippen molar-refractivity contribution in [3.8, 4) is 5.75 Å². The Morgan fingerprint density at radius 2 is 2.26 bits per heavy atom. The number of amidine groups is 1. The van der Waals surface area contributed by atoms with Crippen LogP contribution < -0.4 is 14.8 Å². The lowest BCUT2D eigenvalue weighted by molar-refractivity contribution is 0.373. The molecular formula is C12H17N3O3S. The number of benzene rings is 1. The number of hydrogen-bond acceptors (Lipinski definition) is 5. The molecule has 0 aliphatic carbocycles. The molecule has 0 saturated carbocycles. The fourth-order valence-electron chi connectivity index (χ4n) is 1.70. The van der Waals surface area contributed by atoms with Crippen molar-refractivity contribution in [2.75, 3.05) is 30.7 Å². The summed E-state index contributed by atoms with van der Waals surface area (Å²) in [6.45, 7) is 3.81. The van der Waals surface area contributed by atoms with E-state index in [-0.39, 0.29) is 0 Å². The molecule has 2 N–H and O–H groups in total. The van der Waals surface area contributed by atoms with E-state index in [0.717, 1.165) is 30.7 Å². The van der Waals surface area contributed by atoms with Crippen molar-refractivity contribution in [2.45, 2.75) is 6.92 Å². The van der Waals surface area contributed by atoms with E-state index in [4.69, 9.17) is 4.74 Å². The molecule has 2 rings (SSSR count). The zero-order chi connectivity index (χ0) is 13.9. The van der Waals surface area contributed by atoms with Crippen LogP contribution in [0.3, 0.4) is 0 Å². The Bertz CT molecular complexity index is 596. The number of nitrogens with one attached hydrogen (secondary N) is 2. The SMILES string of the molecule is Cc1ccc(OCC2=NCCN2)cc1NS(C)(=O)=O. The highest BCUT2D eigenvalue weighted by molar-refractivity contribution is 7.92. The van der Waals surface area contributed by atoms with Crippen molar-refractivity contribution < 1.29 is 13.2 Å². The Morgan fingerprint density at radius 1 is 1.47 bits per heavy atom. The van der Waals surface area contributed by atoms with Gasteiger partial charge in [-0.15, -0.1) is 0 Å². The standard InChI is InChI=1S/C12H17N3O3S/c1-9-3-4-10(7-11(9)15-19(2,16)17)18-8-12-13-5-6-14-12/h3-4,7,15H,5-6,8H2,1-2H3,(H,13,14). The van der Waals surface area contributed by atoms with Crippen molar-refractivity contribution in [1.29, 1.82) is 0 Å². The summed E-state index contributed by atoms with van der Waals surface area (Å²) in [6.07, 6.45) is 1.12. The fraction of sp³-hybridized carbons (Fsp3) is 0.417. The number of aliphatic imine (C=N–C) groups is 1. The molecule has 0 spiro atoms. The maximum absolute atomic E-state index is 11.3. The van der Waals surface area contributed by atoms with Gasteiger partial charge in [0.1, 0.15) is 18.2 Å². The molecule has 0 saturated heterocycles. The van der Waals surface area contributed by atoms with Crippen molar-refractivity contribution in [1.82, 2.24) is 5.32 Å². The van der Waals surface area contributed by atoms with Gasteiger partial charge in [-0.3, -0.25) is 9.71 Å². The van der Waals surface area contributed by atoms with Crippen LogP contribution in [0.4, 0.5) is 5.69 Å². The highest BCUT2D eigenvalue weighted by atomic mass is 32.2. The Kier molecular flexibility index (Phi) is 3.94. The lowest BCUT2D eigenvalue weighted by Crippen LogP contribution is -2.24. The molecule has 0 atom stereocenters. The van der Waals surface area contributed by atoms with Crippen molar-refractivity contribution in [2.24, 2.45) is 4.99 Å². The predicted molar refractivity (Wildman–Crippen MR) is 75.4 cm³/mol. The van der Waals surface area contributed by atoms with Gasteiger partial charge in [-0.05, 0) is 18.6 Å². The van der Waals surface area contributed by atoms with Gasteiger partial charge in [0.25, 0.3) is 0 Å². The molecule has 0 bridgehead atoms. The Labute approximate surface area is 112 Å². The molecule has 0 fully saturated rings. The highest BCUT2D eigenvalue weighted by Gasteiger charge is 2.09. The zero-order valence-electron chi connectivity index (χ0n) is 10.9. The maximum Gasteiger partial charge on any atom is 0.229 e. The number of ether oxygens (including phenoxy) is 1. The van der Waals surface area contributed by atoms with E-state index in [2.05, 4.69) is 15.0 Å². The van der Waals surface area contributed by atoms with Crippen LogP contribution in [0.1, 0.15) is 5.56 Å². The van der Waals surface area contributed by atoms with Crippen LogP contribution in [0.25, 0.3) is 0 Å². The van der Waals surface area contributed by atoms with E-state index in [9.17, 15) is 8.42 Å². The maximum atomic E-state index is 11.3. The summed E-state index contributed by atoms with van der Waals surface area (Å²) in [5.41, 5.74) is 1.37. The summed E-state index contributed by atoms with van der Waals surface area (Å²) in [5, 5.41) is 3.10. The van der Waals surface area contributed by atoms with Crippen LogP contribution >= 0.6 is 0 Å². The molecule has 7 heteroatoms. The van der Waals surface area contributed by atoms with Gasteiger partial charge in [-0.25, -0.2) is 8.42 Å². The summed E-state index contributed by atoms with van der Waals surface area (Å²) in [4.78, 5) is 4.22. The van der Waals surface area contributed by atoms with E-state index < -0.39 is 10.0 Å². The number of nitrogens with zero attached hydrogens (tertiary/aromatic N) is 1. The van der Waals surface area contributed by atoms with E-state index >= 15 is 0 Å². The largest absolute Gasteiger partial charge is 0.486 e. The first-order chi connectivity index (χ1) is 8.94. The number of aryl methyl sites for hydroxylation is 1. The summed E-state index contributed by atoms with van der Waals surface area (Å²) in [7, 11) is -3.29. The molecule has 1 aromatic rings. The van der Waals surface area contributed by atoms with Crippen LogP contribution in [0, 0.1) is 6.92 Å². The third kappa shape index (κ3) is 4.13. The van der Waals surface area contributed by atoms with Gasteiger partial charge in [0.05, 0.1) is 18.5 Å². The molecule has 0 aromatic heterocycles. The lowest BCUT2D eigenvalue weighted by atomic mass is 10.2. The van der Waals surface area contributed by atoms with Gasteiger partial charge < -0.3 is 10.1 Å². The van der Waals surface area contributed by atoms with E-state index in [1.54, 1.807) is 12.1 Å². The predicted octanol–water partition coefficient (Wildman–Crippen LogP) is 0.747.